The second kappa shape index (κ2) is 7.38. The Labute approximate surface area is 131 Å². The Morgan fingerprint density at radius 2 is 2.19 bits per heavy atom. The van der Waals surface area contributed by atoms with Gasteiger partial charge in [-0.25, -0.2) is 0 Å². The highest BCUT2D eigenvalue weighted by molar-refractivity contribution is 9.10. The van der Waals surface area contributed by atoms with Gasteiger partial charge in [0.1, 0.15) is 12.4 Å². The van der Waals surface area contributed by atoms with Gasteiger partial charge in [-0.1, -0.05) is 0 Å². The standard InChI is InChI=1S/C14H16BrN3O3/c15-13-9-12(18(19)20)1-2-14(13)21-8-7-17-5-3-11(10-16)4-6-17/h1-2,9,11H,3-8H2. The zero-order valence-corrected chi connectivity index (χ0v) is 13.1. The Morgan fingerprint density at radius 1 is 1.48 bits per heavy atom. The maximum Gasteiger partial charge on any atom is 0.270 e. The van der Waals surface area contributed by atoms with E-state index in [1.165, 1.54) is 12.1 Å². The maximum atomic E-state index is 10.7. The van der Waals surface area contributed by atoms with E-state index in [0.717, 1.165) is 32.5 Å². The fourth-order valence-corrected chi connectivity index (χ4v) is 2.77. The number of hydrogen-bond acceptors (Lipinski definition) is 5. The molecule has 21 heavy (non-hydrogen) atoms. The molecule has 0 N–H and O–H groups in total. The Balaban J connectivity index is 1.79. The molecule has 1 heterocycles. The molecule has 0 aliphatic carbocycles. The highest BCUT2D eigenvalue weighted by atomic mass is 79.9. The van der Waals surface area contributed by atoms with Gasteiger partial charge in [-0.2, -0.15) is 5.26 Å². The van der Waals surface area contributed by atoms with Crippen molar-refractivity contribution in [1.82, 2.24) is 4.90 Å². The molecule has 1 aromatic carbocycles. The lowest BCUT2D eigenvalue weighted by atomic mass is 9.99. The Morgan fingerprint density at radius 3 is 2.76 bits per heavy atom. The number of likely N-dealkylation sites (tertiary alicyclic amines) is 1. The van der Waals surface area contributed by atoms with E-state index in [0.29, 0.717) is 16.8 Å². The van der Waals surface area contributed by atoms with E-state index in [4.69, 9.17) is 10.00 Å². The molecular formula is C14H16BrN3O3. The monoisotopic (exact) mass is 353 g/mol. The number of nitro benzene ring substituents is 1. The van der Waals surface area contributed by atoms with E-state index >= 15 is 0 Å². The molecule has 112 valence electrons. The maximum absolute atomic E-state index is 10.7. The molecule has 1 saturated heterocycles. The van der Waals surface area contributed by atoms with Crippen LogP contribution in [0.1, 0.15) is 12.8 Å². The normalized spacial score (nSPS) is 16.4. The number of nitriles is 1. The minimum absolute atomic E-state index is 0.0350. The molecule has 0 bridgehead atoms. The number of rotatable bonds is 5. The highest BCUT2D eigenvalue weighted by Gasteiger charge is 2.18. The minimum Gasteiger partial charge on any atom is -0.491 e. The van der Waals surface area contributed by atoms with Gasteiger partial charge in [0.25, 0.3) is 5.69 Å². The average Bonchev–Trinajstić information content (AvgIpc) is 2.49. The van der Waals surface area contributed by atoms with E-state index in [1.807, 2.05) is 0 Å². The molecule has 2 rings (SSSR count). The number of nitro groups is 1. The van der Waals surface area contributed by atoms with E-state index in [-0.39, 0.29) is 11.6 Å². The van der Waals surface area contributed by atoms with Crippen molar-refractivity contribution < 1.29 is 9.66 Å². The number of benzene rings is 1. The molecule has 0 aromatic heterocycles. The fraction of sp³-hybridized carbons (Fsp3) is 0.500. The molecule has 1 fully saturated rings. The van der Waals surface area contributed by atoms with Crippen molar-refractivity contribution in [1.29, 1.82) is 5.26 Å². The van der Waals surface area contributed by atoms with Crippen molar-refractivity contribution in [2.45, 2.75) is 12.8 Å². The molecule has 0 spiro atoms. The van der Waals surface area contributed by atoms with Gasteiger partial charge in [-0.05, 0) is 47.9 Å². The fourth-order valence-electron chi connectivity index (χ4n) is 2.29. The summed E-state index contributed by atoms with van der Waals surface area (Å²) in [7, 11) is 0. The second-order valence-electron chi connectivity index (χ2n) is 4.97. The zero-order valence-electron chi connectivity index (χ0n) is 11.5. The van der Waals surface area contributed by atoms with E-state index < -0.39 is 4.92 Å². The van der Waals surface area contributed by atoms with Crippen LogP contribution in [0, 0.1) is 27.4 Å². The Bertz CT molecular complexity index is 551. The Hall–Kier alpha value is -1.65. The summed E-state index contributed by atoms with van der Waals surface area (Å²) < 4.78 is 6.23. The summed E-state index contributed by atoms with van der Waals surface area (Å²) in [5, 5.41) is 19.5. The molecule has 7 heteroatoms. The Kier molecular flexibility index (Phi) is 5.53. The number of hydrogen-bond donors (Lipinski definition) is 0. The summed E-state index contributed by atoms with van der Waals surface area (Å²) in [5.74, 6) is 0.790. The first-order chi connectivity index (χ1) is 10.1. The van der Waals surface area contributed by atoms with Gasteiger partial charge < -0.3 is 4.74 Å². The van der Waals surface area contributed by atoms with E-state index in [9.17, 15) is 10.1 Å². The van der Waals surface area contributed by atoms with Crippen molar-refractivity contribution in [3.63, 3.8) is 0 Å². The molecule has 1 aliphatic heterocycles. The second-order valence-corrected chi connectivity index (χ2v) is 5.82. The number of halogens is 1. The predicted octanol–water partition coefficient (Wildman–Crippen LogP) is 2.97. The molecular weight excluding hydrogens is 338 g/mol. The molecule has 0 atom stereocenters. The third-order valence-electron chi connectivity index (χ3n) is 3.56. The number of non-ortho nitro benzene ring substituents is 1. The first-order valence-corrected chi connectivity index (χ1v) is 7.58. The van der Waals surface area contributed by atoms with Crippen molar-refractivity contribution >= 4 is 21.6 Å². The van der Waals surface area contributed by atoms with Gasteiger partial charge in [0.15, 0.2) is 0 Å². The largest absolute Gasteiger partial charge is 0.491 e. The first-order valence-electron chi connectivity index (χ1n) is 6.79. The lowest BCUT2D eigenvalue weighted by molar-refractivity contribution is -0.385. The summed E-state index contributed by atoms with van der Waals surface area (Å²) in [5.41, 5.74) is 0.0350. The molecule has 0 amide bonds. The van der Waals surface area contributed by atoms with Gasteiger partial charge in [-0.15, -0.1) is 0 Å². The number of piperidine rings is 1. The van der Waals surface area contributed by atoms with Crippen LogP contribution < -0.4 is 4.74 Å². The van der Waals surface area contributed by atoms with Gasteiger partial charge in [0, 0.05) is 24.6 Å². The average molecular weight is 354 g/mol. The van der Waals surface area contributed by atoms with Crippen LogP contribution in [0.4, 0.5) is 5.69 Å². The van der Waals surface area contributed by atoms with Gasteiger partial charge in [0.2, 0.25) is 0 Å². The van der Waals surface area contributed by atoms with Crippen LogP contribution >= 0.6 is 15.9 Å². The molecule has 1 aliphatic rings. The SMILES string of the molecule is N#CC1CCN(CCOc2ccc([N+](=O)[O-])cc2Br)CC1. The van der Waals surface area contributed by atoms with Gasteiger partial charge in [-0.3, -0.25) is 15.0 Å². The summed E-state index contributed by atoms with van der Waals surface area (Å²) in [6.07, 6.45) is 1.83. The van der Waals surface area contributed by atoms with E-state index in [2.05, 4.69) is 26.9 Å². The summed E-state index contributed by atoms with van der Waals surface area (Å²) >= 11 is 3.28. The molecule has 0 unspecified atom stereocenters. The third kappa shape index (κ3) is 4.41. The van der Waals surface area contributed by atoms with Gasteiger partial charge >= 0.3 is 0 Å². The van der Waals surface area contributed by atoms with Crippen LogP contribution in [0.5, 0.6) is 5.75 Å². The molecule has 0 radical (unpaired) electrons. The molecule has 1 aromatic rings. The van der Waals surface area contributed by atoms with Crippen molar-refractivity contribution in [2.75, 3.05) is 26.2 Å². The summed E-state index contributed by atoms with van der Waals surface area (Å²) in [6, 6.07) is 6.78. The highest BCUT2D eigenvalue weighted by Crippen LogP contribution is 2.29. The van der Waals surface area contributed by atoms with Crippen molar-refractivity contribution in [3.05, 3.63) is 32.8 Å². The lowest BCUT2D eigenvalue weighted by Crippen LogP contribution is -2.36. The molecule has 6 nitrogen and oxygen atoms in total. The third-order valence-corrected chi connectivity index (χ3v) is 4.18. The lowest BCUT2D eigenvalue weighted by Gasteiger charge is -2.28. The first kappa shape index (κ1) is 15.7. The van der Waals surface area contributed by atoms with Crippen LogP contribution in [0.2, 0.25) is 0 Å². The van der Waals surface area contributed by atoms with E-state index in [1.54, 1.807) is 6.07 Å². The van der Waals surface area contributed by atoms with Crippen LogP contribution in [0.15, 0.2) is 22.7 Å². The van der Waals surface area contributed by atoms with Crippen molar-refractivity contribution in [3.8, 4) is 11.8 Å². The summed E-state index contributed by atoms with van der Waals surface area (Å²) in [4.78, 5) is 12.5. The van der Waals surface area contributed by atoms with Crippen LogP contribution in [0.25, 0.3) is 0 Å². The predicted molar refractivity (Wildman–Crippen MR) is 81.1 cm³/mol. The topological polar surface area (TPSA) is 79.4 Å². The zero-order chi connectivity index (χ0) is 15.2. The molecule has 0 saturated carbocycles. The van der Waals surface area contributed by atoms with Crippen molar-refractivity contribution in [2.24, 2.45) is 5.92 Å². The van der Waals surface area contributed by atoms with Crippen LogP contribution in [-0.2, 0) is 0 Å². The minimum atomic E-state index is -0.437. The number of nitrogens with zero attached hydrogens (tertiary/aromatic N) is 3. The smallest absolute Gasteiger partial charge is 0.270 e. The quantitative estimate of drug-likeness (QED) is 0.600. The summed E-state index contributed by atoms with van der Waals surface area (Å²) in [6.45, 7) is 3.15. The number of ether oxygens (including phenoxy) is 1. The van der Waals surface area contributed by atoms with Crippen LogP contribution in [0.3, 0.4) is 0 Å². The van der Waals surface area contributed by atoms with Crippen LogP contribution in [-0.4, -0.2) is 36.1 Å². The van der Waals surface area contributed by atoms with Gasteiger partial charge in [0.05, 0.1) is 15.5 Å².